The summed E-state index contributed by atoms with van der Waals surface area (Å²) in [5.74, 6) is 1.04. The van der Waals surface area contributed by atoms with Crippen molar-refractivity contribution in [2.45, 2.75) is 13.5 Å². The minimum Gasteiger partial charge on any atom is -0.478 e. The van der Waals surface area contributed by atoms with Crippen molar-refractivity contribution in [2.75, 3.05) is 6.61 Å². The number of nitrogens with zero attached hydrogens (tertiary/aromatic N) is 4. The largest absolute Gasteiger partial charge is 0.478 e. The summed E-state index contributed by atoms with van der Waals surface area (Å²) in [5.41, 5.74) is 3.89. The number of benzene rings is 1. The van der Waals surface area contributed by atoms with Crippen molar-refractivity contribution in [3.05, 3.63) is 53.5 Å². The fourth-order valence-electron chi connectivity index (χ4n) is 2.44. The van der Waals surface area contributed by atoms with E-state index in [1.807, 2.05) is 19.1 Å². The fraction of sp³-hybridized carbons (Fsp3) is 0.167. The molecule has 4 aromatic rings. The van der Waals surface area contributed by atoms with Crippen molar-refractivity contribution in [1.29, 1.82) is 0 Å². The first-order valence-corrected chi connectivity index (χ1v) is 9.14. The van der Waals surface area contributed by atoms with E-state index < -0.39 is 0 Å². The highest BCUT2D eigenvalue weighted by Gasteiger charge is 2.12. The molecule has 0 saturated carbocycles. The van der Waals surface area contributed by atoms with Crippen LogP contribution in [0.5, 0.6) is 5.88 Å². The zero-order valence-corrected chi connectivity index (χ0v) is 15.2. The standard InChI is InChI=1S/C18H15N5O3S/c1-2-25-15-6-4-12(8-19-15)17-22-16(26-23-17)9-20-18(24)11-3-5-13-14(7-11)27-10-21-13/h3-8,10H,2,9H2,1H3,(H,20,24). The van der Waals surface area contributed by atoms with Crippen LogP contribution in [0, 0.1) is 0 Å². The molecule has 136 valence electrons. The molecule has 0 radical (unpaired) electrons. The maximum Gasteiger partial charge on any atom is 0.251 e. The van der Waals surface area contributed by atoms with Gasteiger partial charge in [-0.05, 0) is 31.2 Å². The molecule has 0 atom stereocenters. The van der Waals surface area contributed by atoms with Gasteiger partial charge in [-0.1, -0.05) is 5.16 Å². The molecule has 0 aliphatic carbocycles. The van der Waals surface area contributed by atoms with Crippen LogP contribution in [0.25, 0.3) is 21.6 Å². The molecule has 8 nitrogen and oxygen atoms in total. The number of rotatable bonds is 6. The van der Waals surface area contributed by atoms with Gasteiger partial charge in [-0.3, -0.25) is 4.79 Å². The second-order valence-corrected chi connectivity index (χ2v) is 6.43. The molecular weight excluding hydrogens is 366 g/mol. The summed E-state index contributed by atoms with van der Waals surface area (Å²) < 4.78 is 11.5. The van der Waals surface area contributed by atoms with E-state index in [1.54, 1.807) is 29.9 Å². The van der Waals surface area contributed by atoms with E-state index in [2.05, 4.69) is 25.4 Å². The van der Waals surface area contributed by atoms with Crippen LogP contribution in [0.4, 0.5) is 0 Å². The summed E-state index contributed by atoms with van der Waals surface area (Å²) in [6, 6.07) is 8.92. The van der Waals surface area contributed by atoms with Crippen LogP contribution in [-0.4, -0.2) is 32.6 Å². The zero-order valence-electron chi connectivity index (χ0n) is 14.4. The number of hydrogen-bond acceptors (Lipinski definition) is 8. The van der Waals surface area contributed by atoms with Gasteiger partial charge in [0.05, 0.1) is 28.9 Å². The van der Waals surface area contributed by atoms with Gasteiger partial charge in [0.2, 0.25) is 17.6 Å². The Kier molecular flexibility index (Phi) is 4.75. The number of carbonyl (C=O) groups is 1. The van der Waals surface area contributed by atoms with Crippen LogP contribution >= 0.6 is 11.3 Å². The number of carbonyl (C=O) groups excluding carboxylic acids is 1. The summed E-state index contributed by atoms with van der Waals surface area (Å²) >= 11 is 1.49. The predicted octanol–water partition coefficient (Wildman–Crippen LogP) is 3.07. The molecule has 1 amide bonds. The van der Waals surface area contributed by atoms with Gasteiger partial charge in [0.1, 0.15) is 0 Å². The average molecular weight is 381 g/mol. The highest BCUT2D eigenvalue weighted by atomic mass is 32.1. The number of pyridine rings is 1. The second kappa shape index (κ2) is 7.50. The first-order chi connectivity index (χ1) is 13.2. The molecule has 3 aromatic heterocycles. The Hall–Kier alpha value is -3.33. The number of aromatic nitrogens is 4. The van der Waals surface area contributed by atoms with Crippen molar-refractivity contribution >= 4 is 27.5 Å². The molecule has 0 spiro atoms. The Labute approximate surface area is 158 Å². The fourth-order valence-corrected chi connectivity index (χ4v) is 3.16. The number of hydrogen-bond donors (Lipinski definition) is 1. The molecule has 0 unspecified atom stereocenters. The molecule has 9 heteroatoms. The lowest BCUT2D eigenvalue weighted by molar-refractivity contribution is 0.0946. The quantitative estimate of drug-likeness (QED) is 0.547. The monoisotopic (exact) mass is 381 g/mol. The molecular formula is C18H15N5O3S. The van der Waals surface area contributed by atoms with E-state index in [1.165, 1.54) is 11.3 Å². The Morgan fingerprint density at radius 2 is 2.19 bits per heavy atom. The summed E-state index contributed by atoms with van der Waals surface area (Å²) in [6.45, 7) is 2.58. The zero-order chi connectivity index (χ0) is 18.6. The molecule has 27 heavy (non-hydrogen) atoms. The highest BCUT2D eigenvalue weighted by molar-refractivity contribution is 7.16. The van der Waals surface area contributed by atoms with E-state index in [4.69, 9.17) is 9.26 Å². The number of amides is 1. The highest BCUT2D eigenvalue weighted by Crippen LogP contribution is 2.19. The van der Waals surface area contributed by atoms with E-state index in [0.717, 1.165) is 10.2 Å². The van der Waals surface area contributed by atoms with Gasteiger partial charge in [-0.15, -0.1) is 11.3 Å². The van der Waals surface area contributed by atoms with E-state index in [9.17, 15) is 4.79 Å². The summed E-state index contributed by atoms with van der Waals surface area (Å²) in [5, 5.41) is 6.70. The van der Waals surface area contributed by atoms with E-state index >= 15 is 0 Å². The number of nitrogens with one attached hydrogen (secondary N) is 1. The van der Waals surface area contributed by atoms with Gasteiger partial charge in [-0.25, -0.2) is 9.97 Å². The molecule has 1 N–H and O–H groups in total. The lowest BCUT2D eigenvalue weighted by Crippen LogP contribution is -2.22. The average Bonchev–Trinajstić information content (AvgIpc) is 3.36. The minimum absolute atomic E-state index is 0.136. The number of ether oxygens (including phenoxy) is 1. The van der Waals surface area contributed by atoms with Crippen molar-refractivity contribution < 1.29 is 14.1 Å². The summed E-state index contributed by atoms with van der Waals surface area (Å²) in [4.78, 5) is 25.0. The van der Waals surface area contributed by atoms with Gasteiger partial charge in [0, 0.05) is 23.4 Å². The normalized spacial score (nSPS) is 10.9. The molecule has 0 fully saturated rings. The lowest BCUT2D eigenvalue weighted by Gasteiger charge is -2.02. The second-order valence-electron chi connectivity index (χ2n) is 5.55. The van der Waals surface area contributed by atoms with Crippen LogP contribution in [0.1, 0.15) is 23.2 Å². The predicted molar refractivity (Wildman–Crippen MR) is 99.5 cm³/mol. The number of fused-ring (bicyclic) bond motifs is 1. The van der Waals surface area contributed by atoms with Crippen LogP contribution < -0.4 is 10.1 Å². The molecule has 0 bridgehead atoms. The summed E-state index contributed by atoms with van der Waals surface area (Å²) in [7, 11) is 0. The van der Waals surface area contributed by atoms with Crippen molar-refractivity contribution in [3.8, 4) is 17.3 Å². The van der Waals surface area contributed by atoms with Crippen LogP contribution in [0.2, 0.25) is 0 Å². The Balaban J connectivity index is 1.40. The third-order valence-corrected chi connectivity index (χ3v) is 4.54. The van der Waals surface area contributed by atoms with Crippen molar-refractivity contribution in [1.82, 2.24) is 25.4 Å². The smallest absolute Gasteiger partial charge is 0.251 e. The first-order valence-electron chi connectivity index (χ1n) is 8.26. The molecule has 0 aliphatic heterocycles. The lowest BCUT2D eigenvalue weighted by atomic mass is 10.2. The van der Waals surface area contributed by atoms with Gasteiger partial charge in [-0.2, -0.15) is 4.98 Å². The van der Waals surface area contributed by atoms with E-state index in [-0.39, 0.29) is 12.5 Å². The van der Waals surface area contributed by atoms with Crippen LogP contribution in [0.15, 0.2) is 46.6 Å². The first kappa shape index (κ1) is 17.1. The van der Waals surface area contributed by atoms with Crippen LogP contribution in [0.3, 0.4) is 0 Å². The SMILES string of the molecule is CCOc1ccc(-c2noc(CNC(=O)c3ccc4ncsc4c3)n2)cn1. The Morgan fingerprint density at radius 3 is 3.00 bits per heavy atom. The van der Waals surface area contributed by atoms with Crippen molar-refractivity contribution in [3.63, 3.8) is 0 Å². The molecule has 1 aromatic carbocycles. The topological polar surface area (TPSA) is 103 Å². The summed E-state index contributed by atoms with van der Waals surface area (Å²) in [6.07, 6.45) is 1.61. The van der Waals surface area contributed by atoms with Crippen LogP contribution in [-0.2, 0) is 6.54 Å². The maximum absolute atomic E-state index is 12.3. The van der Waals surface area contributed by atoms with Gasteiger partial charge in [0.15, 0.2) is 0 Å². The van der Waals surface area contributed by atoms with Crippen molar-refractivity contribution in [2.24, 2.45) is 0 Å². The third kappa shape index (κ3) is 3.77. The maximum atomic E-state index is 12.3. The van der Waals surface area contributed by atoms with Gasteiger partial charge < -0.3 is 14.6 Å². The van der Waals surface area contributed by atoms with E-state index in [0.29, 0.717) is 35.3 Å². The number of thiazole rings is 1. The van der Waals surface area contributed by atoms with Gasteiger partial charge in [0.25, 0.3) is 5.91 Å². The Bertz CT molecular complexity index is 1070. The molecule has 3 heterocycles. The third-order valence-electron chi connectivity index (χ3n) is 3.75. The molecule has 0 aliphatic rings. The minimum atomic E-state index is -0.215. The van der Waals surface area contributed by atoms with Gasteiger partial charge >= 0.3 is 0 Å². The Morgan fingerprint density at radius 1 is 1.26 bits per heavy atom. The molecule has 0 saturated heterocycles. The molecule has 4 rings (SSSR count).